The van der Waals surface area contributed by atoms with Crippen molar-refractivity contribution in [3.05, 3.63) is 29.3 Å². The van der Waals surface area contributed by atoms with Crippen LogP contribution >= 0.6 is 11.8 Å². The second-order valence-electron chi connectivity index (χ2n) is 4.32. The zero-order valence-corrected chi connectivity index (χ0v) is 10.6. The Morgan fingerprint density at radius 2 is 2.38 bits per heavy atom. The monoisotopic (exact) mass is 236 g/mol. The lowest BCUT2D eigenvalue weighted by Gasteiger charge is -2.18. The summed E-state index contributed by atoms with van der Waals surface area (Å²) in [6.07, 6.45) is 3.52. The molecule has 3 heteroatoms. The normalized spacial score (nSPS) is 16.9. The molecule has 1 aromatic rings. The van der Waals surface area contributed by atoms with Crippen LogP contribution in [0.25, 0.3) is 0 Å². The van der Waals surface area contributed by atoms with Gasteiger partial charge in [0.15, 0.2) is 0 Å². The van der Waals surface area contributed by atoms with Crippen LogP contribution in [0.5, 0.6) is 0 Å². The summed E-state index contributed by atoms with van der Waals surface area (Å²) < 4.78 is 0. The lowest BCUT2D eigenvalue weighted by atomic mass is 10.00. The molecule has 0 saturated heterocycles. The summed E-state index contributed by atoms with van der Waals surface area (Å²) >= 11 is 1.97. The van der Waals surface area contributed by atoms with Gasteiger partial charge in [0.25, 0.3) is 0 Å². The second-order valence-corrected chi connectivity index (χ2v) is 5.45. The highest BCUT2D eigenvalue weighted by Gasteiger charge is 2.12. The number of rotatable bonds is 4. The molecule has 2 rings (SSSR count). The molecule has 0 amide bonds. The average Bonchev–Trinajstić information content (AvgIpc) is 2.35. The van der Waals surface area contributed by atoms with Crippen molar-refractivity contribution in [2.45, 2.75) is 30.2 Å². The van der Waals surface area contributed by atoms with Crippen molar-refractivity contribution in [2.24, 2.45) is 5.73 Å². The molecule has 0 aliphatic carbocycles. The maximum Gasteiger partial charge on any atom is 0.0307 e. The molecule has 0 spiro atoms. The van der Waals surface area contributed by atoms with Crippen molar-refractivity contribution in [1.82, 2.24) is 5.32 Å². The Balaban J connectivity index is 2.10. The van der Waals surface area contributed by atoms with Gasteiger partial charge in [-0.15, -0.1) is 11.8 Å². The summed E-state index contributed by atoms with van der Waals surface area (Å²) in [7, 11) is 1.97. The van der Waals surface area contributed by atoms with Crippen molar-refractivity contribution in [3.8, 4) is 0 Å². The molecule has 16 heavy (non-hydrogen) atoms. The number of hydrogen-bond donors (Lipinski definition) is 2. The van der Waals surface area contributed by atoms with Gasteiger partial charge in [-0.05, 0) is 55.8 Å². The molecule has 0 bridgehead atoms. The maximum absolute atomic E-state index is 6.17. The number of aryl methyl sites for hydroxylation is 1. The van der Waals surface area contributed by atoms with Crippen molar-refractivity contribution in [2.75, 3.05) is 19.3 Å². The molecule has 1 heterocycles. The number of thioether (sulfide) groups is 1. The van der Waals surface area contributed by atoms with Crippen LogP contribution < -0.4 is 11.1 Å². The Bertz CT molecular complexity index is 352. The van der Waals surface area contributed by atoms with Crippen molar-refractivity contribution >= 4 is 11.8 Å². The summed E-state index contributed by atoms with van der Waals surface area (Å²) in [5, 5.41) is 3.15. The third-order valence-corrected chi connectivity index (χ3v) is 4.27. The van der Waals surface area contributed by atoms with E-state index in [0.29, 0.717) is 0 Å². The first kappa shape index (κ1) is 12.0. The predicted octanol–water partition coefficient (Wildman–Crippen LogP) is 2.33. The van der Waals surface area contributed by atoms with E-state index in [1.54, 1.807) is 0 Å². The highest BCUT2D eigenvalue weighted by molar-refractivity contribution is 7.99. The van der Waals surface area contributed by atoms with Gasteiger partial charge < -0.3 is 11.1 Å². The van der Waals surface area contributed by atoms with Gasteiger partial charge in [0.2, 0.25) is 0 Å². The number of hydrogen-bond acceptors (Lipinski definition) is 3. The fraction of sp³-hybridized carbons (Fsp3) is 0.538. The van der Waals surface area contributed by atoms with Crippen LogP contribution in [0.4, 0.5) is 0 Å². The molecule has 0 radical (unpaired) electrons. The molecule has 88 valence electrons. The predicted molar refractivity (Wildman–Crippen MR) is 71.0 cm³/mol. The standard InChI is InChI=1S/C13H20N2S/c1-15-7-6-12(14)10-4-5-13-11(9-10)3-2-8-16-13/h4-5,9,12,15H,2-3,6-8,14H2,1H3. The van der Waals surface area contributed by atoms with Gasteiger partial charge in [0.1, 0.15) is 0 Å². The van der Waals surface area contributed by atoms with Gasteiger partial charge in [0, 0.05) is 10.9 Å². The summed E-state index contributed by atoms with van der Waals surface area (Å²) in [6.45, 7) is 0.979. The van der Waals surface area contributed by atoms with Crippen LogP contribution in [0.1, 0.15) is 30.0 Å². The second kappa shape index (κ2) is 5.71. The first-order valence-electron chi connectivity index (χ1n) is 5.97. The number of nitrogens with one attached hydrogen (secondary N) is 1. The molecule has 1 atom stereocenters. The quantitative estimate of drug-likeness (QED) is 0.842. The third kappa shape index (κ3) is 2.78. The van der Waals surface area contributed by atoms with Crippen LogP contribution in [-0.4, -0.2) is 19.3 Å². The van der Waals surface area contributed by atoms with Gasteiger partial charge in [-0.2, -0.15) is 0 Å². The maximum atomic E-state index is 6.17. The summed E-state index contributed by atoms with van der Waals surface area (Å²) in [4.78, 5) is 1.45. The van der Waals surface area contributed by atoms with Crippen molar-refractivity contribution < 1.29 is 0 Å². The number of fused-ring (bicyclic) bond motifs is 1. The van der Waals surface area contributed by atoms with Crippen LogP contribution in [-0.2, 0) is 6.42 Å². The Labute approximate surface area is 102 Å². The fourth-order valence-electron chi connectivity index (χ4n) is 2.08. The van der Waals surface area contributed by atoms with E-state index in [9.17, 15) is 0 Å². The van der Waals surface area contributed by atoms with E-state index in [4.69, 9.17) is 5.73 Å². The lowest BCUT2D eigenvalue weighted by molar-refractivity contribution is 0.614. The van der Waals surface area contributed by atoms with Crippen LogP contribution in [0.15, 0.2) is 23.1 Å². The zero-order chi connectivity index (χ0) is 11.4. The topological polar surface area (TPSA) is 38.0 Å². The van der Waals surface area contributed by atoms with E-state index < -0.39 is 0 Å². The lowest BCUT2D eigenvalue weighted by Crippen LogP contribution is -2.18. The molecule has 1 aliphatic heterocycles. The first-order chi connectivity index (χ1) is 7.81. The molecule has 2 nitrogen and oxygen atoms in total. The van der Waals surface area contributed by atoms with Gasteiger partial charge >= 0.3 is 0 Å². The summed E-state index contributed by atoms with van der Waals surface area (Å²) in [5.41, 5.74) is 8.95. The smallest absolute Gasteiger partial charge is 0.0307 e. The van der Waals surface area contributed by atoms with E-state index in [1.807, 2.05) is 18.8 Å². The molecule has 1 aliphatic rings. The van der Waals surface area contributed by atoms with Gasteiger partial charge in [-0.3, -0.25) is 0 Å². The highest BCUT2D eigenvalue weighted by atomic mass is 32.2. The van der Waals surface area contributed by atoms with Crippen molar-refractivity contribution in [1.29, 1.82) is 0 Å². The van der Waals surface area contributed by atoms with Gasteiger partial charge in [-0.25, -0.2) is 0 Å². The Morgan fingerprint density at radius 3 is 3.19 bits per heavy atom. The molecule has 0 fully saturated rings. The van der Waals surface area contributed by atoms with Crippen molar-refractivity contribution in [3.63, 3.8) is 0 Å². The van der Waals surface area contributed by atoms with E-state index in [0.717, 1.165) is 13.0 Å². The summed E-state index contributed by atoms with van der Waals surface area (Å²) in [6, 6.07) is 6.91. The van der Waals surface area contributed by atoms with Crippen LogP contribution in [0, 0.1) is 0 Å². The molecule has 1 unspecified atom stereocenters. The molecular weight excluding hydrogens is 216 g/mol. The molecule has 1 aromatic carbocycles. The van der Waals surface area contributed by atoms with E-state index >= 15 is 0 Å². The Kier molecular flexibility index (Phi) is 4.27. The van der Waals surface area contributed by atoms with Crippen LogP contribution in [0.2, 0.25) is 0 Å². The minimum atomic E-state index is 0.171. The average molecular weight is 236 g/mol. The highest BCUT2D eigenvalue weighted by Crippen LogP contribution is 2.31. The minimum absolute atomic E-state index is 0.171. The third-order valence-electron chi connectivity index (χ3n) is 3.07. The zero-order valence-electron chi connectivity index (χ0n) is 9.83. The number of nitrogens with two attached hydrogens (primary N) is 1. The fourth-order valence-corrected chi connectivity index (χ4v) is 3.10. The Hall–Kier alpha value is -0.510. The molecule has 3 N–H and O–H groups in total. The first-order valence-corrected chi connectivity index (χ1v) is 6.95. The SMILES string of the molecule is CNCCC(N)c1ccc2c(c1)CCCS2. The van der Waals surface area contributed by atoms with Gasteiger partial charge in [-0.1, -0.05) is 12.1 Å². The van der Waals surface area contributed by atoms with E-state index in [2.05, 4.69) is 23.5 Å². The Morgan fingerprint density at radius 1 is 1.50 bits per heavy atom. The molecule has 0 saturated carbocycles. The van der Waals surface area contributed by atoms with Gasteiger partial charge in [0.05, 0.1) is 0 Å². The summed E-state index contributed by atoms with van der Waals surface area (Å²) in [5.74, 6) is 1.26. The van der Waals surface area contributed by atoms with Crippen LogP contribution in [0.3, 0.4) is 0 Å². The van der Waals surface area contributed by atoms with E-state index in [-0.39, 0.29) is 6.04 Å². The molecule has 0 aromatic heterocycles. The minimum Gasteiger partial charge on any atom is -0.324 e. The number of benzene rings is 1. The molecular formula is C13H20N2S. The van der Waals surface area contributed by atoms with E-state index in [1.165, 1.54) is 34.6 Å². The largest absolute Gasteiger partial charge is 0.324 e.